The first kappa shape index (κ1) is 12.9. The van der Waals surface area contributed by atoms with Crippen molar-refractivity contribution in [1.29, 1.82) is 0 Å². The van der Waals surface area contributed by atoms with Gasteiger partial charge in [-0.3, -0.25) is 9.69 Å². The van der Waals surface area contributed by atoms with Crippen molar-refractivity contribution in [2.24, 2.45) is 5.41 Å². The molecule has 3 atom stereocenters. The molecule has 1 aromatic rings. The molecule has 3 nitrogen and oxygen atoms in total. The first-order chi connectivity index (χ1) is 10.7. The van der Waals surface area contributed by atoms with E-state index in [1.807, 2.05) is 0 Å². The fraction of sp³-hybridized carbons (Fsp3) is 0.526. The number of para-hydroxylation sites is 1. The number of rotatable bonds is 1. The first-order valence-electron chi connectivity index (χ1n) is 8.61. The number of amides is 1. The van der Waals surface area contributed by atoms with Gasteiger partial charge in [-0.2, -0.15) is 0 Å². The zero-order chi connectivity index (χ0) is 14.9. The van der Waals surface area contributed by atoms with Crippen molar-refractivity contribution in [3.8, 4) is 0 Å². The molecule has 0 unspecified atom stereocenters. The Labute approximate surface area is 131 Å². The Hall–Kier alpha value is -1.61. The van der Waals surface area contributed by atoms with E-state index in [4.69, 9.17) is 0 Å². The average molecular weight is 294 g/mol. The molecular formula is C19H22N2O. The smallest absolute Gasteiger partial charge is 0.228 e. The van der Waals surface area contributed by atoms with E-state index in [1.54, 1.807) is 0 Å². The molecule has 4 aliphatic rings. The van der Waals surface area contributed by atoms with Crippen molar-refractivity contribution in [3.05, 3.63) is 35.9 Å². The quantitative estimate of drug-likeness (QED) is 0.795. The zero-order valence-corrected chi connectivity index (χ0v) is 13.1. The molecule has 0 saturated carbocycles. The molecule has 3 heteroatoms. The summed E-state index contributed by atoms with van der Waals surface area (Å²) in [6.07, 6.45) is 6.67. The molecule has 0 aliphatic carbocycles. The van der Waals surface area contributed by atoms with Gasteiger partial charge >= 0.3 is 0 Å². The Morgan fingerprint density at radius 2 is 2.18 bits per heavy atom. The fourth-order valence-corrected chi connectivity index (χ4v) is 5.56. The van der Waals surface area contributed by atoms with E-state index in [1.165, 1.54) is 30.5 Å². The van der Waals surface area contributed by atoms with E-state index in [-0.39, 0.29) is 11.5 Å². The van der Waals surface area contributed by atoms with Gasteiger partial charge in [0.2, 0.25) is 5.91 Å². The summed E-state index contributed by atoms with van der Waals surface area (Å²) >= 11 is 0. The third kappa shape index (κ3) is 1.38. The lowest BCUT2D eigenvalue weighted by molar-refractivity contribution is -0.129. The second kappa shape index (κ2) is 4.23. The maximum atomic E-state index is 13.0. The molecule has 2 saturated heterocycles. The Bertz CT molecular complexity index is 694. The topological polar surface area (TPSA) is 23.6 Å². The molecule has 0 spiro atoms. The summed E-state index contributed by atoms with van der Waals surface area (Å²) in [6.45, 7) is 4.52. The lowest BCUT2D eigenvalue weighted by Crippen LogP contribution is -2.68. The van der Waals surface area contributed by atoms with Crippen molar-refractivity contribution in [2.75, 3.05) is 18.0 Å². The monoisotopic (exact) mass is 294 g/mol. The molecule has 5 rings (SSSR count). The molecule has 4 aliphatic heterocycles. The summed E-state index contributed by atoms with van der Waals surface area (Å²) < 4.78 is 0. The standard InChI is InChI=1S/C19H22N2O/c1-2-19-9-5-10-20-11-8-14-13-6-3-4-7-15(13)21(16(22)12-19)17(14)18(19)20/h3-4,6-8,17-18H,2,5,9-12H2,1H3/t17-,18-,19+/m0/s1. The van der Waals surface area contributed by atoms with Crippen LogP contribution in [0.2, 0.25) is 0 Å². The highest BCUT2D eigenvalue weighted by atomic mass is 16.2. The number of fused-ring (bicyclic) bond motifs is 3. The minimum Gasteiger partial charge on any atom is -0.303 e. The molecule has 0 N–H and O–H groups in total. The zero-order valence-electron chi connectivity index (χ0n) is 13.1. The lowest BCUT2D eigenvalue weighted by Gasteiger charge is -2.58. The van der Waals surface area contributed by atoms with Gasteiger partial charge < -0.3 is 4.90 Å². The number of carbonyl (C=O) groups is 1. The van der Waals surface area contributed by atoms with Crippen molar-refractivity contribution in [2.45, 2.75) is 44.7 Å². The van der Waals surface area contributed by atoms with Gasteiger partial charge in [-0.05, 0) is 42.9 Å². The van der Waals surface area contributed by atoms with Gasteiger partial charge in [0.25, 0.3) is 0 Å². The third-order valence-electron chi connectivity index (χ3n) is 6.53. The van der Waals surface area contributed by atoms with Crippen LogP contribution in [0.15, 0.2) is 30.3 Å². The van der Waals surface area contributed by atoms with Crippen LogP contribution in [0.25, 0.3) is 5.57 Å². The van der Waals surface area contributed by atoms with E-state index in [0.717, 1.165) is 25.1 Å². The second-order valence-electron chi connectivity index (χ2n) is 7.32. The Balaban J connectivity index is 1.74. The Morgan fingerprint density at radius 3 is 3.05 bits per heavy atom. The van der Waals surface area contributed by atoms with Gasteiger partial charge in [0.15, 0.2) is 0 Å². The fourth-order valence-electron chi connectivity index (χ4n) is 5.56. The summed E-state index contributed by atoms with van der Waals surface area (Å²) in [7, 11) is 0. The van der Waals surface area contributed by atoms with Gasteiger partial charge in [0.05, 0.1) is 11.7 Å². The lowest BCUT2D eigenvalue weighted by atomic mass is 9.62. The predicted octanol–water partition coefficient (Wildman–Crippen LogP) is 3.06. The van der Waals surface area contributed by atoms with Crippen LogP contribution < -0.4 is 4.90 Å². The van der Waals surface area contributed by atoms with Gasteiger partial charge in [-0.25, -0.2) is 0 Å². The largest absolute Gasteiger partial charge is 0.303 e. The minimum atomic E-state index is 0.193. The number of anilines is 1. The molecule has 0 aromatic heterocycles. The summed E-state index contributed by atoms with van der Waals surface area (Å²) in [5, 5.41) is 0. The van der Waals surface area contributed by atoms with Gasteiger partial charge in [-0.1, -0.05) is 31.2 Å². The van der Waals surface area contributed by atoms with Crippen molar-refractivity contribution in [3.63, 3.8) is 0 Å². The molecule has 2 fully saturated rings. The maximum Gasteiger partial charge on any atom is 0.228 e. The Kier molecular flexibility index (Phi) is 2.48. The normalized spacial score (nSPS) is 36.0. The van der Waals surface area contributed by atoms with Crippen LogP contribution in [0, 0.1) is 5.41 Å². The van der Waals surface area contributed by atoms with Crippen LogP contribution in [0.3, 0.4) is 0 Å². The maximum absolute atomic E-state index is 13.0. The molecule has 1 amide bonds. The number of carbonyl (C=O) groups excluding carboxylic acids is 1. The Morgan fingerprint density at radius 1 is 1.32 bits per heavy atom. The summed E-state index contributed by atoms with van der Waals surface area (Å²) in [4.78, 5) is 17.8. The number of nitrogens with zero attached hydrogens (tertiary/aromatic N) is 2. The molecular weight excluding hydrogens is 272 g/mol. The van der Waals surface area contributed by atoms with Crippen molar-refractivity contribution in [1.82, 2.24) is 4.90 Å². The van der Waals surface area contributed by atoms with Gasteiger partial charge in [0.1, 0.15) is 0 Å². The van der Waals surface area contributed by atoms with E-state index >= 15 is 0 Å². The van der Waals surface area contributed by atoms with E-state index in [0.29, 0.717) is 11.9 Å². The van der Waals surface area contributed by atoms with Crippen molar-refractivity contribution >= 4 is 17.2 Å². The van der Waals surface area contributed by atoms with Gasteiger partial charge in [-0.15, -0.1) is 0 Å². The molecule has 0 radical (unpaired) electrons. The molecule has 22 heavy (non-hydrogen) atoms. The number of hydrogen-bond acceptors (Lipinski definition) is 2. The number of hydrogen-bond donors (Lipinski definition) is 0. The predicted molar refractivity (Wildman–Crippen MR) is 87.6 cm³/mol. The summed E-state index contributed by atoms with van der Waals surface area (Å²) in [5.41, 5.74) is 4.03. The minimum absolute atomic E-state index is 0.193. The SMILES string of the molecule is CC[C@@]12CCCN3CC=C4c5ccccc5N(C(=O)C1)[C@@H]4[C@H]32. The second-order valence-corrected chi connectivity index (χ2v) is 7.32. The third-order valence-corrected chi connectivity index (χ3v) is 6.53. The first-order valence-corrected chi connectivity index (χ1v) is 8.61. The summed E-state index contributed by atoms with van der Waals surface area (Å²) in [6, 6.07) is 9.24. The van der Waals surface area contributed by atoms with E-state index in [9.17, 15) is 4.79 Å². The van der Waals surface area contributed by atoms with Crippen LogP contribution in [-0.2, 0) is 4.79 Å². The molecule has 0 bridgehead atoms. The van der Waals surface area contributed by atoms with E-state index < -0.39 is 0 Å². The molecule has 4 heterocycles. The summed E-state index contributed by atoms with van der Waals surface area (Å²) in [5.74, 6) is 0.336. The number of piperidine rings is 2. The van der Waals surface area contributed by atoms with Gasteiger partial charge in [0, 0.05) is 24.6 Å². The average Bonchev–Trinajstić information content (AvgIpc) is 2.89. The van der Waals surface area contributed by atoms with Crippen LogP contribution in [0.4, 0.5) is 5.69 Å². The number of benzene rings is 1. The molecule has 114 valence electrons. The highest BCUT2D eigenvalue weighted by Crippen LogP contribution is 2.56. The van der Waals surface area contributed by atoms with Crippen molar-refractivity contribution < 1.29 is 4.79 Å². The van der Waals surface area contributed by atoms with Crippen LogP contribution in [0.1, 0.15) is 38.2 Å². The van der Waals surface area contributed by atoms with E-state index in [2.05, 4.69) is 47.1 Å². The highest BCUT2D eigenvalue weighted by molar-refractivity contribution is 6.06. The van der Waals surface area contributed by atoms with Crippen LogP contribution in [0.5, 0.6) is 0 Å². The van der Waals surface area contributed by atoms with Crippen LogP contribution >= 0.6 is 0 Å². The van der Waals surface area contributed by atoms with Crippen LogP contribution in [-0.4, -0.2) is 36.0 Å². The highest BCUT2D eigenvalue weighted by Gasteiger charge is 2.59. The molecule has 1 aromatic carbocycles.